The van der Waals surface area contributed by atoms with Crippen LogP contribution in [0.15, 0.2) is 42.5 Å². The monoisotopic (exact) mass is 351 g/mol. The van der Waals surface area contributed by atoms with Gasteiger partial charge in [-0.3, -0.25) is 4.79 Å². The van der Waals surface area contributed by atoms with Gasteiger partial charge in [0.05, 0.1) is 16.6 Å². The number of amides is 1. The van der Waals surface area contributed by atoms with Gasteiger partial charge in [-0.2, -0.15) is 0 Å². The first-order chi connectivity index (χ1) is 11.0. The van der Waals surface area contributed by atoms with Crippen LogP contribution in [-0.2, 0) is 0 Å². The lowest BCUT2D eigenvalue weighted by molar-refractivity contribution is 0.0521. The van der Waals surface area contributed by atoms with Gasteiger partial charge in [-0.15, -0.1) is 0 Å². The molecule has 0 spiro atoms. The van der Waals surface area contributed by atoms with Crippen molar-refractivity contribution in [1.29, 1.82) is 0 Å². The largest absolute Gasteiger partial charge is 0.486 e. The third kappa shape index (κ3) is 3.54. The van der Waals surface area contributed by atoms with Crippen LogP contribution >= 0.6 is 23.2 Å². The van der Waals surface area contributed by atoms with Crippen molar-refractivity contribution in [3.05, 3.63) is 58.1 Å². The molecule has 1 atom stereocenters. The molecule has 1 unspecified atom stereocenters. The summed E-state index contributed by atoms with van der Waals surface area (Å²) < 4.78 is 11.5. The third-order valence-electron chi connectivity index (χ3n) is 3.56. The fourth-order valence-electron chi connectivity index (χ4n) is 2.39. The van der Waals surface area contributed by atoms with Crippen molar-refractivity contribution in [2.75, 3.05) is 20.2 Å². The molecule has 1 heterocycles. The van der Waals surface area contributed by atoms with E-state index in [1.807, 2.05) is 24.3 Å². The van der Waals surface area contributed by atoms with E-state index < -0.39 is 0 Å². The van der Waals surface area contributed by atoms with Crippen molar-refractivity contribution in [3.8, 4) is 11.5 Å². The number of nitrogens with zero attached hydrogens (tertiary/aromatic N) is 1. The Balaban J connectivity index is 1.66. The minimum Gasteiger partial charge on any atom is -0.486 e. The molecular weight excluding hydrogens is 337 g/mol. The zero-order valence-electron chi connectivity index (χ0n) is 12.5. The van der Waals surface area contributed by atoms with E-state index >= 15 is 0 Å². The molecule has 0 bridgehead atoms. The highest BCUT2D eigenvalue weighted by molar-refractivity contribution is 6.42. The molecule has 120 valence electrons. The zero-order chi connectivity index (χ0) is 16.4. The molecule has 23 heavy (non-hydrogen) atoms. The number of carbonyl (C=O) groups excluding carboxylic acids is 1. The van der Waals surface area contributed by atoms with E-state index in [2.05, 4.69) is 0 Å². The number of benzene rings is 2. The maximum atomic E-state index is 12.5. The number of likely N-dealkylation sites (N-methyl/N-ethyl adjacent to an activating group) is 1. The zero-order valence-corrected chi connectivity index (χ0v) is 14.0. The molecule has 1 amide bonds. The summed E-state index contributed by atoms with van der Waals surface area (Å²) >= 11 is 11.8. The molecule has 0 aromatic heterocycles. The molecule has 4 nitrogen and oxygen atoms in total. The van der Waals surface area contributed by atoms with Crippen molar-refractivity contribution < 1.29 is 14.3 Å². The van der Waals surface area contributed by atoms with Gasteiger partial charge in [-0.05, 0) is 30.3 Å². The smallest absolute Gasteiger partial charge is 0.253 e. The van der Waals surface area contributed by atoms with Crippen LogP contribution in [0.2, 0.25) is 10.0 Å². The highest BCUT2D eigenvalue weighted by Crippen LogP contribution is 2.31. The normalized spacial score (nSPS) is 16.0. The van der Waals surface area contributed by atoms with E-state index in [0.29, 0.717) is 34.5 Å². The Morgan fingerprint density at radius 1 is 1.17 bits per heavy atom. The first-order valence-corrected chi connectivity index (χ1v) is 7.89. The molecule has 1 aliphatic heterocycles. The average molecular weight is 352 g/mol. The lowest BCUT2D eigenvalue weighted by Crippen LogP contribution is -2.41. The van der Waals surface area contributed by atoms with Gasteiger partial charge in [0.25, 0.3) is 5.91 Å². The second kappa shape index (κ2) is 6.69. The number of hydrogen-bond donors (Lipinski definition) is 0. The number of hydrogen-bond acceptors (Lipinski definition) is 3. The summed E-state index contributed by atoms with van der Waals surface area (Å²) in [6, 6.07) is 12.3. The Hall–Kier alpha value is -1.91. The number of halogens is 2. The van der Waals surface area contributed by atoms with E-state index in [1.54, 1.807) is 30.1 Å². The van der Waals surface area contributed by atoms with Crippen molar-refractivity contribution >= 4 is 29.1 Å². The molecule has 0 saturated heterocycles. The predicted octanol–water partition coefficient (Wildman–Crippen LogP) is 3.91. The Bertz CT molecular complexity index is 736. The van der Waals surface area contributed by atoms with E-state index in [1.165, 1.54) is 0 Å². The maximum Gasteiger partial charge on any atom is 0.253 e. The minimum absolute atomic E-state index is 0.147. The Morgan fingerprint density at radius 3 is 2.65 bits per heavy atom. The summed E-state index contributed by atoms with van der Waals surface area (Å²) in [6.45, 7) is 0.809. The standard InChI is InChI=1S/C17H15Cl2NO3/c1-20(17(21)11-6-7-13(18)14(19)8-11)9-12-10-22-15-4-2-3-5-16(15)23-12/h2-8,12H,9-10H2,1H3. The van der Waals surface area contributed by atoms with Gasteiger partial charge < -0.3 is 14.4 Å². The van der Waals surface area contributed by atoms with Gasteiger partial charge in [0.15, 0.2) is 17.6 Å². The highest BCUT2D eigenvalue weighted by Gasteiger charge is 2.24. The Morgan fingerprint density at radius 2 is 1.91 bits per heavy atom. The lowest BCUT2D eigenvalue weighted by Gasteiger charge is -2.29. The number of ether oxygens (including phenoxy) is 2. The molecule has 3 rings (SSSR count). The van der Waals surface area contributed by atoms with Gasteiger partial charge in [0.1, 0.15) is 6.61 Å². The summed E-state index contributed by atoms with van der Waals surface area (Å²) in [4.78, 5) is 14.0. The first kappa shape index (κ1) is 16.0. The van der Waals surface area contributed by atoms with Crippen LogP contribution in [0.1, 0.15) is 10.4 Å². The number of rotatable bonds is 3. The molecule has 2 aromatic carbocycles. The molecule has 1 aliphatic rings. The third-order valence-corrected chi connectivity index (χ3v) is 4.30. The van der Waals surface area contributed by atoms with E-state index in [4.69, 9.17) is 32.7 Å². The fraction of sp³-hybridized carbons (Fsp3) is 0.235. The molecular formula is C17H15Cl2NO3. The van der Waals surface area contributed by atoms with Crippen LogP contribution in [0.4, 0.5) is 0 Å². The fourth-order valence-corrected chi connectivity index (χ4v) is 2.69. The first-order valence-electron chi connectivity index (χ1n) is 7.13. The summed E-state index contributed by atoms with van der Waals surface area (Å²) in [5.41, 5.74) is 0.485. The number of carbonyl (C=O) groups is 1. The molecule has 2 aromatic rings. The number of fused-ring (bicyclic) bond motifs is 1. The van der Waals surface area contributed by atoms with Crippen LogP contribution in [-0.4, -0.2) is 37.1 Å². The van der Waals surface area contributed by atoms with E-state index in [9.17, 15) is 4.79 Å². The summed E-state index contributed by atoms with van der Waals surface area (Å²) in [5, 5.41) is 0.781. The van der Waals surface area contributed by atoms with Crippen molar-refractivity contribution in [2.45, 2.75) is 6.10 Å². The van der Waals surface area contributed by atoms with E-state index in [0.717, 1.165) is 5.75 Å². The van der Waals surface area contributed by atoms with Gasteiger partial charge >= 0.3 is 0 Å². The maximum absolute atomic E-state index is 12.5. The quantitative estimate of drug-likeness (QED) is 0.841. The minimum atomic E-state index is -0.221. The van der Waals surface area contributed by atoms with Gasteiger partial charge in [-0.1, -0.05) is 35.3 Å². The van der Waals surface area contributed by atoms with Gasteiger partial charge in [-0.25, -0.2) is 0 Å². The average Bonchev–Trinajstić information content (AvgIpc) is 2.56. The molecule has 0 N–H and O–H groups in total. The highest BCUT2D eigenvalue weighted by atomic mass is 35.5. The molecule has 0 fully saturated rings. The summed E-state index contributed by atoms with van der Waals surface area (Å²) in [6.07, 6.45) is -0.221. The van der Waals surface area contributed by atoms with Gasteiger partial charge in [0, 0.05) is 12.6 Å². The topological polar surface area (TPSA) is 38.8 Å². The second-order valence-electron chi connectivity index (χ2n) is 5.31. The summed E-state index contributed by atoms with van der Waals surface area (Å²) in [7, 11) is 1.72. The molecule has 6 heteroatoms. The number of para-hydroxylation sites is 2. The second-order valence-corrected chi connectivity index (χ2v) is 6.13. The molecule has 0 saturated carbocycles. The van der Waals surface area contributed by atoms with Crippen LogP contribution in [0.5, 0.6) is 11.5 Å². The molecule has 0 radical (unpaired) electrons. The van der Waals surface area contributed by atoms with Crippen molar-refractivity contribution in [3.63, 3.8) is 0 Å². The van der Waals surface area contributed by atoms with Crippen molar-refractivity contribution in [1.82, 2.24) is 4.90 Å². The van der Waals surface area contributed by atoms with Crippen LogP contribution in [0.3, 0.4) is 0 Å². The van der Waals surface area contributed by atoms with Crippen molar-refractivity contribution in [2.24, 2.45) is 0 Å². The summed E-state index contributed by atoms with van der Waals surface area (Å²) in [5.74, 6) is 1.27. The molecule has 0 aliphatic carbocycles. The van der Waals surface area contributed by atoms with Gasteiger partial charge in [0.2, 0.25) is 0 Å². The van der Waals surface area contributed by atoms with Crippen LogP contribution in [0, 0.1) is 0 Å². The predicted molar refractivity (Wildman–Crippen MR) is 89.8 cm³/mol. The van der Waals surface area contributed by atoms with E-state index in [-0.39, 0.29) is 12.0 Å². The SMILES string of the molecule is CN(CC1COc2ccccc2O1)C(=O)c1ccc(Cl)c(Cl)c1. The van der Waals surface area contributed by atoms with Crippen LogP contribution in [0.25, 0.3) is 0 Å². The van der Waals surface area contributed by atoms with Crippen LogP contribution < -0.4 is 9.47 Å². The lowest BCUT2D eigenvalue weighted by atomic mass is 10.2. The Kier molecular flexibility index (Phi) is 4.64. The Labute approximate surface area is 144 Å².